The first-order valence-electron chi connectivity index (χ1n) is 3.33. The summed E-state index contributed by atoms with van der Waals surface area (Å²) < 4.78 is 0. The Hall–Kier alpha value is -0.0532. The standard InChI is InChI=1S/2C5H5.2Rh/c2*1-2-4-5-3-1;;/h2*1-5H;;/q2*-1;;+2. The van der Waals surface area contributed by atoms with Gasteiger partial charge < -0.3 is 0 Å². The van der Waals surface area contributed by atoms with Crippen LogP contribution in [0.1, 0.15) is 0 Å². The molecule has 2 rings (SSSR count). The van der Waals surface area contributed by atoms with Gasteiger partial charge in [-0.2, -0.15) is 36.4 Å². The fourth-order valence-corrected chi connectivity index (χ4v) is 0.642. The van der Waals surface area contributed by atoms with Crippen LogP contribution in [0.2, 0.25) is 0 Å². The molecule has 0 aliphatic heterocycles. The van der Waals surface area contributed by atoms with Gasteiger partial charge in [-0.1, -0.05) is 0 Å². The maximum atomic E-state index is 2.00. The van der Waals surface area contributed by atoms with Crippen molar-refractivity contribution in [3.63, 3.8) is 0 Å². The van der Waals surface area contributed by atoms with Crippen LogP contribution in [0.5, 0.6) is 0 Å². The Morgan fingerprint density at radius 1 is 0.583 bits per heavy atom. The van der Waals surface area contributed by atoms with E-state index in [0.29, 0.717) is 0 Å². The van der Waals surface area contributed by atoms with E-state index in [1.165, 1.54) is 0 Å². The van der Waals surface area contributed by atoms with E-state index in [9.17, 15) is 0 Å². The molecule has 0 amide bonds. The van der Waals surface area contributed by atoms with Gasteiger partial charge in [0.15, 0.2) is 0 Å². The molecule has 0 bridgehead atoms. The quantitative estimate of drug-likeness (QED) is 0.513. The summed E-state index contributed by atoms with van der Waals surface area (Å²) in [5.41, 5.74) is 0. The molecular weight excluding hydrogens is 326 g/mol. The smallest absolute Gasteiger partial charge is 0.214 e. The third-order valence-corrected chi connectivity index (χ3v) is 1.11. The van der Waals surface area contributed by atoms with Crippen LogP contribution in [0.25, 0.3) is 0 Å². The number of hydrogen-bond acceptors (Lipinski definition) is 0. The molecule has 0 fully saturated rings. The van der Waals surface area contributed by atoms with Crippen molar-refractivity contribution in [3.05, 3.63) is 60.7 Å². The first kappa shape index (κ1) is 14.5. The van der Waals surface area contributed by atoms with Gasteiger partial charge in [-0.25, -0.2) is 24.3 Å². The molecule has 0 saturated carbocycles. The van der Waals surface area contributed by atoms with Gasteiger partial charge in [0.1, 0.15) is 0 Å². The van der Waals surface area contributed by atoms with Crippen molar-refractivity contribution in [2.24, 2.45) is 0 Å². The van der Waals surface area contributed by atoms with Crippen LogP contribution >= 0.6 is 0 Å². The molecule has 0 N–H and O–H groups in total. The first-order valence-corrected chi connectivity index (χ1v) is 3.33. The minimum atomic E-state index is 0. The van der Waals surface area contributed by atoms with Crippen molar-refractivity contribution in [1.29, 1.82) is 0 Å². The van der Waals surface area contributed by atoms with Gasteiger partial charge in [-0.15, -0.1) is 0 Å². The van der Waals surface area contributed by atoms with Crippen LogP contribution in [-0.4, -0.2) is 0 Å². The predicted molar refractivity (Wildman–Crippen MR) is 44.1 cm³/mol. The summed E-state index contributed by atoms with van der Waals surface area (Å²) in [5, 5.41) is 0. The largest absolute Gasteiger partial charge is 2.00 e. The Labute approximate surface area is 99.2 Å². The normalized spacial score (nSPS) is 6.67. The zero-order chi connectivity index (χ0) is 7.07. The van der Waals surface area contributed by atoms with Crippen molar-refractivity contribution in [3.8, 4) is 0 Å². The van der Waals surface area contributed by atoms with Crippen LogP contribution in [0.15, 0.2) is 60.7 Å². The van der Waals surface area contributed by atoms with E-state index < -0.39 is 0 Å². The molecule has 0 aliphatic carbocycles. The minimum Gasteiger partial charge on any atom is -0.214 e. The Bertz CT molecular complexity index is 147. The Morgan fingerprint density at radius 2 is 0.833 bits per heavy atom. The average molecular weight is 336 g/mol. The van der Waals surface area contributed by atoms with E-state index in [-0.39, 0.29) is 39.0 Å². The molecule has 68 valence electrons. The van der Waals surface area contributed by atoms with Gasteiger partial charge in [-0.3, -0.25) is 0 Å². The molecule has 12 heavy (non-hydrogen) atoms. The monoisotopic (exact) mass is 336 g/mol. The zero-order valence-corrected chi connectivity index (χ0v) is 9.72. The van der Waals surface area contributed by atoms with Crippen LogP contribution in [0.3, 0.4) is 0 Å². The van der Waals surface area contributed by atoms with Gasteiger partial charge in [0.2, 0.25) is 0 Å². The molecule has 2 aromatic carbocycles. The molecule has 0 spiro atoms. The fourth-order valence-electron chi connectivity index (χ4n) is 0.642. The Balaban J connectivity index is 0. The van der Waals surface area contributed by atoms with E-state index in [0.717, 1.165) is 0 Å². The summed E-state index contributed by atoms with van der Waals surface area (Å²) in [6.07, 6.45) is 0. The molecule has 0 nitrogen and oxygen atoms in total. The summed E-state index contributed by atoms with van der Waals surface area (Å²) in [6.45, 7) is 0. The van der Waals surface area contributed by atoms with Crippen LogP contribution in [-0.2, 0) is 39.0 Å². The second-order valence-electron chi connectivity index (χ2n) is 1.92. The molecule has 0 heterocycles. The van der Waals surface area contributed by atoms with E-state index in [2.05, 4.69) is 0 Å². The summed E-state index contributed by atoms with van der Waals surface area (Å²) in [4.78, 5) is 0. The van der Waals surface area contributed by atoms with Crippen molar-refractivity contribution in [2.75, 3.05) is 0 Å². The molecule has 0 saturated heterocycles. The molecule has 0 aromatic heterocycles. The summed E-state index contributed by atoms with van der Waals surface area (Å²) in [6, 6.07) is 20.0. The van der Waals surface area contributed by atoms with E-state index in [4.69, 9.17) is 0 Å². The van der Waals surface area contributed by atoms with Gasteiger partial charge in [-0.05, 0) is 0 Å². The fraction of sp³-hybridized carbons (Fsp3) is 0. The third kappa shape index (κ3) is 8.05. The summed E-state index contributed by atoms with van der Waals surface area (Å²) in [7, 11) is 0. The second-order valence-corrected chi connectivity index (χ2v) is 1.92. The zero-order valence-electron chi connectivity index (χ0n) is 6.44. The van der Waals surface area contributed by atoms with E-state index in [1.54, 1.807) is 0 Å². The van der Waals surface area contributed by atoms with Crippen LogP contribution in [0.4, 0.5) is 0 Å². The third-order valence-electron chi connectivity index (χ3n) is 1.11. The minimum absolute atomic E-state index is 0. The van der Waals surface area contributed by atoms with Crippen molar-refractivity contribution in [1.82, 2.24) is 0 Å². The molecule has 0 unspecified atom stereocenters. The van der Waals surface area contributed by atoms with Gasteiger partial charge in [0, 0.05) is 19.5 Å². The Kier molecular flexibility index (Phi) is 13.2. The summed E-state index contributed by atoms with van der Waals surface area (Å²) in [5.74, 6) is 0. The molecule has 0 atom stereocenters. The number of rotatable bonds is 0. The van der Waals surface area contributed by atoms with Crippen LogP contribution in [0, 0.1) is 0 Å². The van der Waals surface area contributed by atoms with Crippen molar-refractivity contribution < 1.29 is 39.0 Å². The molecule has 2 heteroatoms. The van der Waals surface area contributed by atoms with Crippen molar-refractivity contribution in [2.45, 2.75) is 0 Å². The van der Waals surface area contributed by atoms with Gasteiger partial charge in [0.05, 0.1) is 0 Å². The predicted octanol–water partition coefficient (Wildman–Crippen LogP) is 2.81. The Morgan fingerprint density at radius 3 is 0.917 bits per heavy atom. The maximum absolute atomic E-state index is 2.00. The van der Waals surface area contributed by atoms with Gasteiger partial charge in [0.25, 0.3) is 0 Å². The summed E-state index contributed by atoms with van der Waals surface area (Å²) >= 11 is 0. The van der Waals surface area contributed by atoms with E-state index in [1.807, 2.05) is 60.7 Å². The topological polar surface area (TPSA) is 0 Å². The SMILES string of the molecule is [Rh+2].[Rh].c1cc[cH-]c1.c1cc[cH-]c1. The van der Waals surface area contributed by atoms with Gasteiger partial charge >= 0.3 is 19.5 Å². The molecule has 2 aromatic rings. The van der Waals surface area contributed by atoms with E-state index >= 15 is 0 Å². The molecular formula is C10H10Rh2. The average Bonchev–Trinajstić information content (AvgIpc) is 2.67. The second kappa shape index (κ2) is 10.9. The molecule has 2 radical (unpaired) electrons. The van der Waals surface area contributed by atoms with Crippen LogP contribution < -0.4 is 0 Å². The number of hydrogen-bond donors (Lipinski definition) is 0. The molecule has 0 aliphatic rings. The van der Waals surface area contributed by atoms with Crippen molar-refractivity contribution >= 4 is 0 Å². The first-order chi connectivity index (χ1) is 5.00. The maximum Gasteiger partial charge on any atom is 2.00 e.